The third-order valence-corrected chi connectivity index (χ3v) is 5.57. The normalized spacial score (nSPS) is 22.1. The second-order valence-electron chi connectivity index (χ2n) is 7.66. The maximum atomic E-state index is 13.5. The van der Waals surface area contributed by atoms with E-state index in [2.05, 4.69) is 35.6 Å². The van der Waals surface area contributed by atoms with Gasteiger partial charge in [-0.15, -0.1) is 0 Å². The van der Waals surface area contributed by atoms with Crippen LogP contribution in [0.4, 0.5) is 35.1 Å². The summed E-state index contributed by atoms with van der Waals surface area (Å²) in [6.07, 6.45) is 1.31. The van der Waals surface area contributed by atoms with Crippen molar-refractivity contribution in [3.8, 4) is 11.5 Å². The topological polar surface area (TPSA) is 88.5 Å². The van der Waals surface area contributed by atoms with Gasteiger partial charge in [0.15, 0.2) is 5.82 Å². The van der Waals surface area contributed by atoms with Crippen LogP contribution in [0.2, 0.25) is 0 Å². The maximum absolute atomic E-state index is 13.5. The van der Waals surface area contributed by atoms with Gasteiger partial charge in [0.1, 0.15) is 17.2 Å². The number of nitrogens with zero attached hydrogens (tertiary/aromatic N) is 5. The van der Waals surface area contributed by atoms with Gasteiger partial charge < -0.3 is 10.6 Å². The first-order valence-corrected chi connectivity index (χ1v) is 9.82. The van der Waals surface area contributed by atoms with Crippen molar-refractivity contribution in [1.82, 2.24) is 24.9 Å². The maximum Gasteiger partial charge on any atom is 0.433 e. The third-order valence-electron chi connectivity index (χ3n) is 5.57. The van der Waals surface area contributed by atoms with E-state index in [4.69, 9.17) is 0 Å². The lowest BCUT2D eigenvalue weighted by Crippen LogP contribution is -2.14. The highest BCUT2D eigenvalue weighted by molar-refractivity contribution is 5.58. The molecule has 2 aliphatic carbocycles. The fraction of sp³-hybridized carbons (Fsp3) is 0.350. The van der Waals surface area contributed by atoms with Gasteiger partial charge in [-0.3, -0.25) is 4.98 Å². The van der Waals surface area contributed by atoms with Gasteiger partial charge >= 0.3 is 6.18 Å². The van der Waals surface area contributed by atoms with E-state index in [-0.39, 0.29) is 29.5 Å². The SMILES string of the molecule is Fc1cncc(Nc2nc(NC3C4CCCC43)nc(-c3cccc(C(F)(F)F)n3)n2)c1. The lowest BCUT2D eigenvalue weighted by Gasteiger charge is -2.12. The van der Waals surface area contributed by atoms with Crippen LogP contribution < -0.4 is 10.6 Å². The van der Waals surface area contributed by atoms with Crippen molar-refractivity contribution in [2.75, 3.05) is 10.6 Å². The van der Waals surface area contributed by atoms with E-state index in [9.17, 15) is 17.6 Å². The Balaban J connectivity index is 1.49. The molecule has 2 N–H and O–H groups in total. The predicted molar refractivity (Wildman–Crippen MR) is 104 cm³/mol. The number of nitrogens with one attached hydrogen (secondary N) is 2. The molecular weight excluding hydrogens is 414 g/mol. The Labute approximate surface area is 174 Å². The minimum atomic E-state index is -4.59. The summed E-state index contributed by atoms with van der Waals surface area (Å²) in [6.45, 7) is 0. The standard InChI is InChI=1S/C20H17F4N7/c21-10-7-11(9-25-8-10)26-18-29-17(14-5-2-6-15(27-14)20(22,23)24)30-19(31-18)28-16-12-3-1-4-13(12)16/h2,5-9,12-13,16H,1,3-4H2,(H2,26,28,29,30,31). The average molecular weight is 431 g/mol. The summed E-state index contributed by atoms with van der Waals surface area (Å²) in [6, 6.07) is 4.97. The molecule has 0 saturated heterocycles. The lowest BCUT2D eigenvalue weighted by molar-refractivity contribution is -0.141. The van der Waals surface area contributed by atoms with Crippen LogP contribution in [-0.4, -0.2) is 31.0 Å². The number of alkyl halides is 3. The second-order valence-corrected chi connectivity index (χ2v) is 7.66. The average Bonchev–Trinajstić information content (AvgIpc) is 3.14. The van der Waals surface area contributed by atoms with Crippen LogP contribution in [0.25, 0.3) is 11.5 Å². The highest BCUT2D eigenvalue weighted by Gasteiger charge is 2.53. The van der Waals surface area contributed by atoms with Crippen LogP contribution >= 0.6 is 0 Å². The Morgan fingerprint density at radius 2 is 1.71 bits per heavy atom. The molecule has 160 valence electrons. The van der Waals surface area contributed by atoms with E-state index < -0.39 is 17.7 Å². The quantitative estimate of drug-likeness (QED) is 0.578. The molecule has 2 saturated carbocycles. The Morgan fingerprint density at radius 1 is 0.935 bits per heavy atom. The molecule has 31 heavy (non-hydrogen) atoms. The Kier molecular flexibility index (Phi) is 4.67. The van der Waals surface area contributed by atoms with Gasteiger partial charge in [0.05, 0.1) is 18.1 Å². The molecule has 3 heterocycles. The number of hydrogen-bond acceptors (Lipinski definition) is 7. The molecule has 3 aromatic rings. The first kappa shape index (κ1) is 19.6. The first-order valence-electron chi connectivity index (χ1n) is 9.82. The van der Waals surface area contributed by atoms with Gasteiger partial charge in [-0.2, -0.15) is 28.1 Å². The van der Waals surface area contributed by atoms with Crippen molar-refractivity contribution in [1.29, 1.82) is 0 Å². The van der Waals surface area contributed by atoms with Gasteiger partial charge in [-0.25, -0.2) is 9.37 Å². The van der Waals surface area contributed by atoms with Crippen LogP contribution in [0.1, 0.15) is 25.0 Å². The molecule has 0 amide bonds. The Hall–Kier alpha value is -3.37. The van der Waals surface area contributed by atoms with Crippen LogP contribution in [0.3, 0.4) is 0 Å². The van der Waals surface area contributed by atoms with Gasteiger partial charge in [-0.05, 0) is 36.8 Å². The molecule has 0 aromatic carbocycles. The molecule has 0 radical (unpaired) electrons. The summed E-state index contributed by atoms with van der Waals surface area (Å²) in [5.41, 5.74) is -0.791. The molecule has 2 aliphatic rings. The van der Waals surface area contributed by atoms with Crippen LogP contribution in [0.15, 0.2) is 36.7 Å². The van der Waals surface area contributed by atoms with Crippen molar-refractivity contribution in [2.24, 2.45) is 11.8 Å². The molecule has 3 aromatic heterocycles. The summed E-state index contributed by atoms with van der Waals surface area (Å²) >= 11 is 0. The number of anilines is 3. The summed E-state index contributed by atoms with van der Waals surface area (Å²) in [7, 11) is 0. The lowest BCUT2D eigenvalue weighted by atomic mass is 10.2. The number of halogens is 4. The molecule has 2 fully saturated rings. The molecule has 2 atom stereocenters. The van der Waals surface area contributed by atoms with Crippen molar-refractivity contribution < 1.29 is 17.6 Å². The molecule has 11 heteroatoms. The summed E-state index contributed by atoms with van der Waals surface area (Å²) in [5, 5.41) is 6.10. The van der Waals surface area contributed by atoms with Crippen LogP contribution in [-0.2, 0) is 6.18 Å². The number of rotatable bonds is 5. The number of hydrogen-bond donors (Lipinski definition) is 2. The highest BCUT2D eigenvalue weighted by atomic mass is 19.4. The summed E-state index contributed by atoms with van der Waals surface area (Å²) in [5.74, 6) is 0.830. The largest absolute Gasteiger partial charge is 0.433 e. The summed E-state index contributed by atoms with van der Waals surface area (Å²) < 4.78 is 52.8. The van der Waals surface area contributed by atoms with Gasteiger partial charge in [0.25, 0.3) is 0 Å². The minimum absolute atomic E-state index is 0.0266. The molecule has 0 bridgehead atoms. The van der Waals surface area contributed by atoms with Crippen LogP contribution in [0, 0.1) is 17.7 Å². The van der Waals surface area contributed by atoms with E-state index in [0.29, 0.717) is 17.5 Å². The molecule has 0 aliphatic heterocycles. The predicted octanol–water partition coefficient (Wildman–Crippen LogP) is 4.44. The molecular formula is C20H17F4N7. The fourth-order valence-electron chi connectivity index (χ4n) is 4.12. The highest BCUT2D eigenvalue weighted by Crippen LogP contribution is 2.53. The van der Waals surface area contributed by atoms with Gasteiger partial charge in [0, 0.05) is 12.1 Å². The van der Waals surface area contributed by atoms with E-state index in [1.165, 1.54) is 30.8 Å². The first-order chi connectivity index (χ1) is 14.9. The van der Waals surface area contributed by atoms with E-state index in [1.54, 1.807) is 0 Å². The monoisotopic (exact) mass is 431 g/mol. The van der Waals surface area contributed by atoms with E-state index in [1.807, 2.05) is 0 Å². The number of pyridine rings is 2. The zero-order chi connectivity index (χ0) is 21.6. The Bertz CT molecular complexity index is 1110. The van der Waals surface area contributed by atoms with Gasteiger partial charge in [0.2, 0.25) is 11.9 Å². The van der Waals surface area contributed by atoms with Crippen molar-refractivity contribution in [3.05, 3.63) is 48.2 Å². The third kappa shape index (κ3) is 4.12. The number of fused-ring (bicyclic) bond motifs is 1. The molecule has 7 nitrogen and oxygen atoms in total. The smallest absolute Gasteiger partial charge is 0.351 e. The van der Waals surface area contributed by atoms with Crippen LogP contribution in [0.5, 0.6) is 0 Å². The molecule has 5 rings (SSSR count). The van der Waals surface area contributed by atoms with E-state index in [0.717, 1.165) is 25.1 Å². The van der Waals surface area contributed by atoms with Crippen molar-refractivity contribution >= 4 is 17.6 Å². The Morgan fingerprint density at radius 3 is 2.45 bits per heavy atom. The number of aromatic nitrogens is 5. The van der Waals surface area contributed by atoms with Crippen molar-refractivity contribution in [3.63, 3.8) is 0 Å². The second kappa shape index (κ2) is 7.40. The fourth-order valence-corrected chi connectivity index (χ4v) is 4.12. The summed E-state index contributed by atoms with van der Waals surface area (Å²) in [4.78, 5) is 20.2. The van der Waals surface area contributed by atoms with E-state index >= 15 is 0 Å². The van der Waals surface area contributed by atoms with Gasteiger partial charge in [-0.1, -0.05) is 12.5 Å². The zero-order valence-electron chi connectivity index (χ0n) is 16.1. The molecule has 0 spiro atoms. The molecule has 2 unspecified atom stereocenters. The minimum Gasteiger partial charge on any atom is -0.351 e. The van der Waals surface area contributed by atoms with Crippen molar-refractivity contribution in [2.45, 2.75) is 31.5 Å². The zero-order valence-corrected chi connectivity index (χ0v) is 16.1.